The van der Waals surface area contributed by atoms with Crippen molar-refractivity contribution in [1.29, 1.82) is 0 Å². The molecule has 7 N–H and O–H groups in total. The largest absolute Gasteiger partial charge is 0.394 e. The minimum atomic E-state index is -1.22. The van der Waals surface area contributed by atoms with Crippen LogP contribution in [0.3, 0.4) is 0 Å². The van der Waals surface area contributed by atoms with Crippen LogP contribution in [0.5, 0.6) is 0 Å². The zero-order valence-corrected chi connectivity index (χ0v) is 19.1. The average molecular weight is 519 g/mol. The lowest BCUT2D eigenvalue weighted by Gasteiger charge is -2.19. The number of aliphatic hydroxyl groups excluding tert-OH is 5. The number of aromatic nitrogens is 4. The summed E-state index contributed by atoms with van der Waals surface area (Å²) in [6.45, 7) is -0.805. The van der Waals surface area contributed by atoms with Crippen molar-refractivity contribution >= 4 is 12.2 Å². The van der Waals surface area contributed by atoms with E-state index in [9.17, 15) is 29.7 Å². The fourth-order valence-corrected chi connectivity index (χ4v) is 3.98. The fourth-order valence-electron chi connectivity index (χ4n) is 3.71. The van der Waals surface area contributed by atoms with E-state index in [-0.39, 0.29) is 10.3 Å². The average Bonchev–Trinajstić information content (AvgIpc) is 3.29. The third kappa shape index (κ3) is 5.66. The minimum absolute atomic E-state index is 0.0762. The van der Waals surface area contributed by atoms with E-state index in [0.717, 1.165) is 10.6 Å². The van der Waals surface area contributed by atoms with Crippen LogP contribution < -0.4 is 16.8 Å². The number of H-pyrrole nitrogens is 2. The summed E-state index contributed by atoms with van der Waals surface area (Å²) in [5, 5.41) is 47.2. The molecule has 0 amide bonds. The van der Waals surface area contributed by atoms with Crippen LogP contribution in [0.25, 0.3) is 0 Å². The van der Waals surface area contributed by atoms with Gasteiger partial charge in [-0.15, -0.1) is 0 Å². The van der Waals surface area contributed by atoms with Crippen molar-refractivity contribution in [3.63, 3.8) is 0 Å². The van der Waals surface area contributed by atoms with Gasteiger partial charge < -0.3 is 39.7 Å². The molecule has 0 unspecified atom stereocenters. The van der Waals surface area contributed by atoms with Gasteiger partial charge in [-0.3, -0.25) is 28.7 Å². The molecule has 0 bridgehead atoms. The van der Waals surface area contributed by atoms with Crippen molar-refractivity contribution in [1.82, 2.24) is 19.1 Å². The van der Waals surface area contributed by atoms with Crippen molar-refractivity contribution < 1.29 is 39.7 Å². The van der Waals surface area contributed by atoms with E-state index in [1.165, 1.54) is 30.1 Å². The molecule has 16 heteroatoms. The Morgan fingerprint density at radius 3 is 1.94 bits per heavy atom. The number of ether oxygens (including phenoxy) is 3. The molecule has 4 heterocycles. The molecule has 2 aromatic rings. The molecular weight excluding hydrogens is 492 g/mol. The molecule has 0 saturated carbocycles. The van der Waals surface area contributed by atoms with Gasteiger partial charge in [0.1, 0.15) is 36.6 Å². The zero-order valence-electron chi connectivity index (χ0n) is 18.3. The summed E-state index contributed by atoms with van der Waals surface area (Å²) in [5.74, 6) is 0. The van der Waals surface area contributed by atoms with Gasteiger partial charge in [0.15, 0.2) is 17.2 Å². The molecular formula is C19H26N4O11S. The number of hydrogen-bond acceptors (Lipinski definition) is 12. The standard InChI is InChI=1S/C10H14N2O6.C9H12N2O5S/c1-17-8-7(15)5(4-13)18-9(8)12-3-2-6(14)11-10(12)16;12-3-4-6(14)7(15)8(16-4)11-2-1-5(13)10-9(11)17/h2-3,5,7-9,13,15H,4H2,1H3,(H,11,14,16);1-2,4,6-8,12,14-15H,3H2,(H,10,13,17)/t5-,7-,8-,9-;4-,6-,7-,8-/m11/s1. The van der Waals surface area contributed by atoms with Gasteiger partial charge in [-0.05, 0) is 12.2 Å². The first-order valence-corrected chi connectivity index (χ1v) is 10.8. The second-order valence-electron chi connectivity index (χ2n) is 7.70. The van der Waals surface area contributed by atoms with E-state index in [0.29, 0.717) is 0 Å². The van der Waals surface area contributed by atoms with Crippen molar-refractivity contribution in [3.05, 3.63) is 60.5 Å². The molecule has 2 fully saturated rings. The molecule has 194 valence electrons. The second kappa shape index (κ2) is 11.5. The van der Waals surface area contributed by atoms with Gasteiger partial charge in [0, 0.05) is 31.6 Å². The first-order valence-electron chi connectivity index (χ1n) is 10.4. The number of aliphatic hydroxyl groups is 5. The molecule has 0 radical (unpaired) electrons. The summed E-state index contributed by atoms with van der Waals surface area (Å²) in [5.41, 5.74) is -1.55. The van der Waals surface area contributed by atoms with Gasteiger partial charge >= 0.3 is 5.69 Å². The predicted octanol–water partition coefficient (Wildman–Crippen LogP) is -3.68. The lowest BCUT2D eigenvalue weighted by atomic mass is 10.1. The molecule has 15 nitrogen and oxygen atoms in total. The first kappa shape index (κ1) is 27.1. The van der Waals surface area contributed by atoms with Gasteiger partial charge in [-0.1, -0.05) is 0 Å². The minimum Gasteiger partial charge on any atom is -0.394 e. The maximum Gasteiger partial charge on any atom is 0.330 e. The molecule has 2 saturated heterocycles. The van der Waals surface area contributed by atoms with Gasteiger partial charge in [0.2, 0.25) is 0 Å². The summed E-state index contributed by atoms with van der Waals surface area (Å²) in [4.78, 5) is 38.0. The molecule has 4 rings (SSSR count). The van der Waals surface area contributed by atoms with E-state index in [1.807, 2.05) is 0 Å². The summed E-state index contributed by atoms with van der Waals surface area (Å²) in [7, 11) is 1.36. The number of nitrogens with zero attached hydrogens (tertiary/aromatic N) is 2. The molecule has 8 atom stereocenters. The summed E-state index contributed by atoms with van der Waals surface area (Å²) in [6.07, 6.45) is -5.18. The Kier molecular flexibility index (Phi) is 8.86. The first-order chi connectivity index (χ1) is 16.6. The van der Waals surface area contributed by atoms with Crippen LogP contribution in [0.2, 0.25) is 0 Å². The van der Waals surface area contributed by atoms with Crippen LogP contribution in [-0.4, -0.2) is 102 Å². The second-order valence-corrected chi connectivity index (χ2v) is 8.09. The molecule has 2 aliphatic heterocycles. The predicted molar refractivity (Wildman–Crippen MR) is 118 cm³/mol. The molecule has 35 heavy (non-hydrogen) atoms. The molecule has 0 aromatic carbocycles. The molecule has 2 aliphatic rings. The molecule has 0 spiro atoms. The Morgan fingerprint density at radius 2 is 1.43 bits per heavy atom. The van der Waals surface area contributed by atoms with E-state index < -0.39 is 73.5 Å². The van der Waals surface area contributed by atoms with Crippen LogP contribution in [0.1, 0.15) is 12.5 Å². The highest BCUT2D eigenvalue weighted by Crippen LogP contribution is 2.30. The van der Waals surface area contributed by atoms with Gasteiger partial charge in [-0.2, -0.15) is 0 Å². The van der Waals surface area contributed by atoms with Crippen LogP contribution in [-0.2, 0) is 14.2 Å². The highest BCUT2D eigenvalue weighted by Gasteiger charge is 2.45. The quantitative estimate of drug-likeness (QED) is 0.190. The van der Waals surface area contributed by atoms with Crippen molar-refractivity contribution in [2.24, 2.45) is 0 Å². The molecule has 0 aliphatic carbocycles. The monoisotopic (exact) mass is 518 g/mol. The van der Waals surface area contributed by atoms with E-state index >= 15 is 0 Å². The maximum absolute atomic E-state index is 11.6. The topological polar surface area (TPSA) is 221 Å². The zero-order chi connectivity index (χ0) is 25.9. The normalized spacial score (nSPS) is 32.3. The van der Waals surface area contributed by atoms with Crippen molar-refractivity contribution in [3.8, 4) is 0 Å². The van der Waals surface area contributed by atoms with Crippen LogP contribution >= 0.6 is 12.2 Å². The smallest absolute Gasteiger partial charge is 0.330 e. The Balaban J connectivity index is 0.000000196. The van der Waals surface area contributed by atoms with Gasteiger partial charge in [0.25, 0.3) is 11.1 Å². The fraction of sp³-hybridized carbons (Fsp3) is 0.579. The third-order valence-corrected chi connectivity index (χ3v) is 5.85. The lowest BCUT2D eigenvalue weighted by molar-refractivity contribution is -0.0625. The number of nitrogens with one attached hydrogen (secondary N) is 2. The number of methoxy groups -OCH3 is 1. The van der Waals surface area contributed by atoms with E-state index in [2.05, 4.69) is 9.97 Å². The summed E-state index contributed by atoms with van der Waals surface area (Å²) >= 11 is 4.91. The van der Waals surface area contributed by atoms with Crippen molar-refractivity contribution in [2.45, 2.75) is 49.1 Å². The van der Waals surface area contributed by atoms with Crippen LogP contribution in [0.15, 0.2) is 38.9 Å². The number of aromatic amines is 2. The van der Waals surface area contributed by atoms with E-state index in [1.54, 1.807) is 0 Å². The Labute approximate surface area is 201 Å². The van der Waals surface area contributed by atoms with Crippen LogP contribution in [0, 0.1) is 4.77 Å². The highest BCUT2D eigenvalue weighted by atomic mass is 32.1. The summed E-state index contributed by atoms with van der Waals surface area (Å²) < 4.78 is 18.2. The Hall–Kier alpha value is -2.54. The van der Waals surface area contributed by atoms with E-state index in [4.69, 9.17) is 36.6 Å². The highest BCUT2D eigenvalue weighted by molar-refractivity contribution is 7.71. The Bertz CT molecular complexity index is 1230. The summed E-state index contributed by atoms with van der Waals surface area (Å²) in [6, 6.07) is 2.39. The van der Waals surface area contributed by atoms with Gasteiger partial charge in [0.05, 0.1) is 13.2 Å². The SMILES string of the molecule is CO[C@@H]1[C@H](O)[C@@H](CO)O[C@H]1n1ccc(=O)[nH]c1=O.O=c1ccn([C@@H]2O[C@H](CO)[C@@H](O)[C@H]2O)c(=S)[nH]1. The lowest BCUT2D eigenvalue weighted by Crippen LogP contribution is -2.38. The van der Waals surface area contributed by atoms with Gasteiger partial charge in [-0.25, -0.2) is 4.79 Å². The maximum atomic E-state index is 11.6. The molecule has 2 aromatic heterocycles. The van der Waals surface area contributed by atoms with Crippen molar-refractivity contribution in [2.75, 3.05) is 20.3 Å². The number of hydrogen-bond donors (Lipinski definition) is 7. The van der Waals surface area contributed by atoms with Crippen LogP contribution in [0.4, 0.5) is 0 Å². The number of rotatable bonds is 5. The third-order valence-electron chi connectivity index (χ3n) is 5.53. The Morgan fingerprint density at radius 1 is 0.886 bits per heavy atom.